The van der Waals surface area contributed by atoms with Crippen LogP contribution in [-0.2, 0) is 14.4 Å². The summed E-state index contributed by atoms with van der Waals surface area (Å²) in [6, 6.07) is 7.92. The normalized spacial score (nSPS) is 11.7. The number of nitrogens with zero attached hydrogens (tertiary/aromatic N) is 1. The second-order valence-electron chi connectivity index (χ2n) is 4.21. The van der Waals surface area contributed by atoms with Crippen molar-refractivity contribution in [2.45, 2.75) is 19.3 Å². The number of amides is 1. The van der Waals surface area contributed by atoms with Crippen molar-refractivity contribution < 1.29 is 29.8 Å². The molecular formula is C13H15NO6. The Morgan fingerprint density at radius 3 is 2.20 bits per heavy atom. The Bertz CT molecular complexity index is 487. The first-order valence-electron chi connectivity index (χ1n) is 5.93. The Labute approximate surface area is 115 Å². The summed E-state index contributed by atoms with van der Waals surface area (Å²) >= 11 is 0. The van der Waals surface area contributed by atoms with Crippen LogP contribution in [0.2, 0.25) is 0 Å². The van der Waals surface area contributed by atoms with Gasteiger partial charge < -0.3 is 10.2 Å². The molecule has 7 nitrogen and oxygen atoms in total. The molecule has 1 unspecified atom stereocenters. The standard InChI is InChI=1S/C13H15NO6/c15-11(14(20)10-4-2-1-3-5-10)8-9(13(18)19)6-7-12(16)17/h1-5,9,20H,6-8H2,(H,16,17)(H,18,19). The van der Waals surface area contributed by atoms with Gasteiger partial charge in [0, 0.05) is 12.8 Å². The average Bonchev–Trinajstić information content (AvgIpc) is 2.42. The first-order valence-corrected chi connectivity index (χ1v) is 5.93. The highest BCUT2D eigenvalue weighted by Gasteiger charge is 2.25. The summed E-state index contributed by atoms with van der Waals surface area (Å²) in [5, 5.41) is 27.5. The summed E-state index contributed by atoms with van der Waals surface area (Å²) in [4.78, 5) is 33.2. The number of rotatable bonds is 7. The van der Waals surface area contributed by atoms with E-state index in [0.717, 1.165) is 0 Å². The number of carbonyl (C=O) groups excluding carboxylic acids is 1. The summed E-state index contributed by atoms with van der Waals surface area (Å²) in [6.07, 6.45) is -0.978. The quantitative estimate of drug-likeness (QED) is 0.513. The molecule has 3 N–H and O–H groups in total. The van der Waals surface area contributed by atoms with Crippen LogP contribution < -0.4 is 5.06 Å². The molecule has 0 aliphatic heterocycles. The Kier molecular flexibility index (Phi) is 5.67. The fourth-order valence-electron chi connectivity index (χ4n) is 1.62. The number of para-hydroxylation sites is 1. The molecule has 0 bridgehead atoms. The largest absolute Gasteiger partial charge is 0.481 e. The van der Waals surface area contributed by atoms with Crippen molar-refractivity contribution in [2.24, 2.45) is 5.92 Å². The highest BCUT2D eigenvalue weighted by atomic mass is 16.5. The first kappa shape index (κ1) is 15.6. The number of hydrogen-bond donors (Lipinski definition) is 3. The van der Waals surface area contributed by atoms with Crippen LogP contribution in [0, 0.1) is 5.92 Å². The van der Waals surface area contributed by atoms with Crippen LogP contribution in [0.15, 0.2) is 30.3 Å². The summed E-state index contributed by atoms with van der Waals surface area (Å²) in [5.41, 5.74) is 0.222. The van der Waals surface area contributed by atoms with E-state index in [2.05, 4.69) is 0 Å². The van der Waals surface area contributed by atoms with Crippen LogP contribution in [0.4, 0.5) is 5.69 Å². The molecule has 0 aromatic heterocycles. The summed E-state index contributed by atoms with van der Waals surface area (Å²) in [5.74, 6) is -4.33. The van der Waals surface area contributed by atoms with Gasteiger partial charge in [0.2, 0.25) is 0 Å². The zero-order chi connectivity index (χ0) is 15.1. The van der Waals surface area contributed by atoms with E-state index >= 15 is 0 Å². The fraction of sp³-hybridized carbons (Fsp3) is 0.308. The van der Waals surface area contributed by atoms with Crippen LogP contribution in [0.3, 0.4) is 0 Å². The van der Waals surface area contributed by atoms with Gasteiger partial charge in [0.15, 0.2) is 0 Å². The molecule has 1 aromatic carbocycles. The number of carboxylic acids is 2. The molecule has 108 valence electrons. The zero-order valence-electron chi connectivity index (χ0n) is 10.6. The fourth-order valence-corrected chi connectivity index (χ4v) is 1.62. The minimum Gasteiger partial charge on any atom is -0.481 e. The van der Waals surface area contributed by atoms with Gasteiger partial charge in [-0.2, -0.15) is 5.06 Å². The van der Waals surface area contributed by atoms with Gasteiger partial charge in [-0.05, 0) is 18.6 Å². The molecule has 0 spiro atoms. The molecule has 1 atom stereocenters. The Hall–Kier alpha value is -2.41. The molecule has 7 heteroatoms. The Morgan fingerprint density at radius 2 is 1.70 bits per heavy atom. The van der Waals surface area contributed by atoms with Crippen molar-refractivity contribution in [3.05, 3.63) is 30.3 Å². The van der Waals surface area contributed by atoms with Gasteiger partial charge in [-0.15, -0.1) is 0 Å². The molecular weight excluding hydrogens is 266 g/mol. The molecule has 0 radical (unpaired) electrons. The molecule has 0 fully saturated rings. The summed E-state index contributed by atoms with van der Waals surface area (Å²) in [7, 11) is 0. The zero-order valence-corrected chi connectivity index (χ0v) is 10.6. The Morgan fingerprint density at radius 1 is 1.10 bits per heavy atom. The van der Waals surface area contributed by atoms with E-state index in [4.69, 9.17) is 10.2 Å². The van der Waals surface area contributed by atoms with E-state index in [0.29, 0.717) is 5.06 Å². The molecule has 20 heavy (non-hydrogen) atoms. The molecule has 0 aliphatic rings. The van der Waals surface area contributed by atoms with E-state index in [-0.39, 0.29) is 18.5 Å². The Balaban J connectivity index is 2.66. The van der Waals surface area contributed by atoms with Crippen LogP contribution in [0.25, 0.3) is 0 Å². The molecule has 1 aromatic rings. The lowest BCUT2D eigenvalue weighted by Gasteiger charge is -2.17. The smallest absolute Gasteiger partial charge is 0.307 e. The lowest BCUT2D eigenvalue weighted by molar-refractivity contribution is -0.145. The van der Waals surface area contributed by atoms with Crippen LogP contribution in [0.5, 0.6) is 0 Å². The SMILES string of the molecule is O=C(O)CCC(CC(=O)N(O)c1ccccc1)C(=O)O. The van der Waals surface area contributed by atoms with Crippen molar-refractivity contribution >= 4 is 23.5 Å². The molecule has 0 saturated carbocycles. The van der Waals surface area contributed by atoms with E-state index in [1.165, 1.54) is 12.1 Å². The van der Waals surface area contributed by atoms with Crippen molar-refractivity contribution in [2.75, 3.05) is 5.06 Å². The molecule has 0 aliphatic carbocycles. The van der Waals surface area contributed by atoms with Gasteiger partial charge in [-0.3, -0.25) is 19.6 Å². The topological polar surface area (TPSA) is 115 Å². The summed E-state index contributed by atoms with van der Waals surface area (Å²) < 4.78 is 0. The van der Waals surface area contributed by atoms with Crippen molar-refractivity contribution in [3.8, 4) is 0 Å². The number of carboxylic acid groups (broad SMARTS) is 2. The number of anilines is 1. The van der Waals surface area contributed by atoms with E-state index in [9.17, 15) is 19.6 Å². The minimum atomic E-state index is -1.26. The lowest BCUT2D eigenvalue weighted by atomic mass is 9.99. The maximum Gasteiger partial charge on any atom is 0.307 e. The second-order valence-corrected chi connectivity index (χ2v) is 4.21. The first-order chi connectivity index (χ1) is 9.41. The monoisotopic (exact) mass is 281 g/mol. The van der Waals surface area contributed by atoms with Gasteiger partial charge >= 0.3 is 11.9 Å². The highest BCUT2D eigenvalue weighted by Crippen LogP contribution is 2.17. The molecule has 1 amide bonds. The van der Waals surface area contributed by atoms with E-state index < -0.39 is 30.2 Å². The van der Waals surface area contributed by atoms with Gasteiger partial charge in [0.05, 0.1) is 11.6 Å². The van der Waals surface area contributed by atoms with Gasteiger partial charge in [-0.25, -0.2) is 0 Å². The average molecular weight is 281 g/mol. The third kappa shape index (κ3) is 4.69. The predicted molar refractivity (Wildman–Crippen MR) is 68.3 cm³/mol. The maximum absolute atomic E-state index is 11.8. The van der Waals surface area contributed by atoms with Gasteiger partial charge in [-0.1, -0.05) is 18.2 Å². The molecule has 0 heterocycles. The highest BCUT2D eigenvalue weighted by molar-refractivity contribution is 5.93. The van der Waals surface area contributed by atoms with Crippen LogP contribution in [-0.4, -0.2) is 33.3 Å². The maximum atomic E-state index is 11.8. The van der Waals surface area contributed by atoms with E-state index in [1.54, 1.807) is 18.2 Å². The van der Waals surface area contributed by atoms with Crippen molar-refractivity contribution in [3.63, 3.8) is 0 Å². The van der Waals surface area contributed by atoms with Crippen molar-refractivity contribution in [1.82, 2.24) is 0 Å². The number of aliphatic carboxylic acids is 2. The van der Waals surface area contributed by atoms with Gasteiger partial charge in [0.25, 0.3) is 5.91 Å². The number of hydrogen-bond acceptors (Lipinski definition) is 4. The number of carbonyl (C=O) groups is 3. The third-order valence-corrected chi connectivity index (χ3v) is 2.71. The second kappa shape index (κ2) is 7.25. The molecule has 0 saturated heterocycles. The molecule has 1 rings (SSSR count). The number of hydroxylamine groups is 1. The minimum absolute atomic E-state index is 0.168. The van der Waals surface area contributed by atoms with Crippen LogP contribution >= 0.6 is 0 Å². The van der Waals surface area contributed by atoms with Crippen LogP contribution in [0.1, 0.15) is 19.3 Å². The lowest BCUT2D eigenvalue weighted by Crippen LogP contribution is -2.31. The summed E-state index contributed by atoms with van der Waals surface area (Å²) in [6.45, 7) is 0. The van der Waals surface area contributed by atoms with Crippen molar-refractivity contribution in [1.29, 1.82) is 0 Å². The third-order valence-electron chi connectivity index (χ3n) is 2.71. The number of benzene rings is 1. The van der Waals surface area contributed by atoms with E-state index in [1.807, 2.05) is 0 Å². The van der Waals surface area contributed by atoms with Gasteiger partial charge in [0.1, 0.15) is 0 Å². The predicted octanol–water partition coefficient (Wildman–Crippen LogP) is 1.36.